The molecule has 0 radical (unpaired) electrons. The summed E-state index contributed by atoms with van der Waals surface area (Å²) >= 11 is 0. The molecule has 2 aromatic rings. The third kappa shape index (κ3) is 5.73. The van der Waals surface area contributed by atoms with Gasteiger partial charge < -0.3 is 15.0 Å². The Morgan fingerprint density at radius 3 is 2.58 bits per heavy atom. The van der Waals surface area contributed by atoms with Crippen LogP contribution in [-0.4, -0.2) is 43.5 Å². The fourth-order valence-corrected chi connectivity index (χ4v) is 4.65. The van der Waals surface area contributed by atoms with Crippen LogP contribution >= 0.6 is 0 Å². The maximum Gasteiger partial charge on any atom is 0.308 e. The number of esters is 1. The summed E-state index contributed by atoms with van der Waals surface area (Å²) in [6.45, 7) is 8.60. The van der Waals surface area contributed by atoms with Crippen molar-refractivity contribution in [3.63, 3.8) is 0 Å². The van der Waals surface area contributed by atoms with Crippen LogP contribution in [0.4, 0.5) is 0 Å². The van der Waals surface area contributed by atoms with Gasteiger partial charge in [-0.05, 0) is 54.0 Å². The molecule has 1 heterocycles. The minimum atomic E-state index is -0.302. The molecule has 3 atom stereocenters. The minimum Gasteiger partial charge on any atom is -0.427 e. The Labute approximate surface area is 185 Å². The summed E-state index contributed by atoms with van der Waals surface area (Å²) in [5, 5.41) is 2.84. The molecule has 1 amide bonds. The summed E-state index contributed by atoms with van der Waals surface area (Å²) in [4.78, 5) is 26.3. The molecule has 0 spiro atoms. The molecular weight excluding hydrogens is 388 g/mol. The van der Waals surface area contributed by atoms with Gasteiger partial charge in [-0.3, -0.25) is 9.59 Å². The molecular formula is C26H34N2O3. The number of carbonyl (C=O) groups excluding carboxylic acids is 2. The standard InChI is InChI=1S/C26H34N2O3/c1-19-17-28(18-22(25(30)27-4)15-21-9-6-5-7-10-21)14-13-26(19,3)23-11-8-12-24(16-23)31-20(2)29/h5-12,16,19,22H,13-15,17-18H2,1-4H3,(H,27,30). The first-order valence-corrected chi connectivity index (χ1v) is 11.1. The van der Waals surface area contributed by atoms with Crippen molar-refractivity contribution in [2.24, 2.45) is 11.8 Å². The van der Waals surface area contributed by atoms with Gasteiger partial charge >= 0.3 is 5.97 Å². The smallest absolute Gasteiger partial charge is 0.308 e. The van der Waals surface area contributed by atoms with Gasteiger partial charge in [0.2, 0.25) is 5.91 Å². The van der Waals surface area contributed by atoms with Crippen molar-refractivity contribution in [1.82, 2.24) is 10.2 Å². The lowest BCUT2D eigenvalue weighted by Gasteiger charge is -2.45. The number of hydrogen-bond acceptors (Lipinski definition) is 4. The Hall–Kier alpha value is -2.66. The van der Waals surface area contributed by atoms with E-state index < -0.39 is 0 Å². The Bertz CT molecular complexity index is 899. The van der Waals surface area contributed by atoms with Gasteiger partial charge in [0.1, 0.15) is 5.75 Å². The van der Waals surface area contributed by atoms with E-state index in [0.29, 0.717) is 11.7 Å². The van der Waals surface area contributed by atoms with Crippen molar-refractivity contribution in [1.29, 1.82) is 0 Å². The average molecular weight is 423 g/mol. The first-order valence-electron chi connectivity index (χ1n) is 11.1. The Kier molecular flexibility index (Phi) is 7.50. The molecule has 1 aliphatic rings. The number of amides is 1. The van der Waals surface area contributed by atoms with Gasteiger partial charge in [-0.1, -0.05) is 56.3 Å². The van der Waals surface area contributed by atoms with Crippen LogP contribution in [0.25, 0.3) is 0 Å². The monoisotopic (exact) mass is 422 g/mol. The molecule has 2 aromatic carbocycles. The van der Waals surface area contributed by atoms with E-state index in [2.05, 4.69) is 42.3 Å². The summed E-state index contributed by atoms with van der Waals surface area (Å²) in [5.41, 5.74) is 2.38. The highest BCUT2D eigenvalue weighted by Crippen LogP contribution is 2.40. The van der Waals surface area contributed by atoms with Crippen LogP contribution in [0.2, 0.25) is 0 Å². The van der Waals surface area contributed by atoms with Crippen molar-refractivity contribution in [2.45, 2.75) is 39.0 Å². The van der Waals surface area contributed by atoms with Gasteiger partial charge in [-0.15, -0.1) is 0 Å². The molecule has 0 saturated carbocycles. The second kappa shape index (κ2) is 10.1. The van der Waals surface area contributed by atoms with Crippen LogP contribution < -0.4 is 10.1 Å². The van der Waals surface area contributed by atoms with Gasteiger partial charge in [0, 0.05) is 27.1 Å². The number of nitrogens with zero attached hydrogens (tertiary/aromatic N) is 1. The van der Waals surface area contributed by atoms with Crippen molar-refractivity contribution in [2.75, 3.05) is 26.7 Å². The highest BCUT2D eigenvalue weighted by Gasteiger charge is 2.39. The first-order chi connectivity index (χ1) is 14.8. The normalized spacial score (nSPS) is 22.5. The molecule has 0 aliphatic carbocycles. The van der Waals surface area contributed by atoms with E-state index in [1.807, 2.05) is 36.4 Å². The molecule has 166 valence electrons. The molecule has 31 heavy (non-hydrogen) atoms. The number of nitrogens with one attached hydrogen (secondary N) is 1. The summed E-state index contributed by atoms with van der Waals surface area (Å²) in [6, 6.07) is 18.1. The second-order valence-corrected chi connectivity index (χ2v) is 8.95. The van der Waals surface area contributed by atoms with Crippen LogP contribution in [0.3, 0.4) is 0 Å². The molecule has 3 unspecified atom stereocenters. The van der Waals surface area contributed by atoms with Gasteiger partial charge in [0.25, 0.3) is 0 Å². The van der Waals surface area contributed by atoms with E-state index in [-0.39, 0.29) is 23.2 Å². The molecule has 1 N–H and O–H groups in total. The van der Waals surface area contributed by atoms with E-state index in [1.54, 1.807) is 7.05 Å². The third-order valence-corrected chi connectivity index (χ3v) is 6.74. The van der Waals surface area contributed by atoms with Crippen LogP contribution in [0.15, 0.2) is 54.6 Å². The Balaban J connectivity index is 1.69. The molecule has 5 heteroatoms. The zero-order chi connectivity index (χ0) is 22.4. The molecule has 1 saturated heterocycles. The largest absolute Gasteiger partial charge is 0.427 e. The fraction of sp³-hybridized carbons (Fsp3) is 0.462. The van der Waals surface area contributed by atoms with Gasteiger partial charge in [-0.25, -0.2) is 0 Å². The maximum absolute atomic E-state index is 12.6. The summed E-state index contributed by atoms with van der Waals surface area (Å²) in [7, 11) is 1.71. The van der Waals surface area contributed by atoms with Crippen molar-refractivity contribution in [3.05, 3.63) is 65.7 Å². The maximum atomic E-state index is 12.6. The van der Waals surface area contributed by atoms with E-state index >= 15 is 0 Å². The molecule has 1 fully saturated rings. The van der Waals surface area contributed by atoms with Crippen molar-refractivity contribution >= 4 is 11.9 Å². The Morgan fingerprint density at radius 1 is 1.19 bits per heavy atom. The van der Waals surface area contributed by atoms with Gasteiger partial charge in [-0.2, -0.15) is 0 Å². The molecule has 0 aromatic heterocycles. The molecule has 1 aliphatic heterocycles. The predicted molar refractivity (Wildman–Crippen MR) is 123 cm³/mol. The van der Waals surface area contributed by atoms with E-state index in [4.69, 9.17) is 4.74 Å². The molecule has 0 bridgehead atoms. The van der Waals surface area contributed by atoms with Crippen molar-refractivity contribution < 1.29 is 14.3 Å². The van der Waals surface area contributed by atoms with Crippen LogP contribution in [0.1, 0.15) is 38.3 Å². The number of carbonyl (C=O) groups is 2. The Morgan fingerprint density at radius 2 is 1.94 bits per heavy atom. The van der Waals surface area contributed by atoms with Crippen LogP contribution in [-0.2, 0) is 21.4 Å². The first kappa shape index (κ1) is 23.0. The van der Waals surface area contributed by atoms with Crippen LogP contribution in [0, 0.1) is 11.8 Å². The summed E-state index contributed by atoms with van der Waals surface area (Å²) in [5.74, 6) is 0.721. The zero-order valence-corrected chi connectivity index (χ0v) is 19.1. The predicted octanol–water partition coefficient (Wildman–Crippen LogP) is 3.82. The van der Waals surface area contributed by atoms with E-state index in [0.717, 1.165) is 32.5 Å². The van der Waals surface area contributed by atoms with Gasteiger partial charge in [0.05, 0.1) is 5.92 Å². The number of benzene rings is 2. The number of piperidine rings is 1. The lowest BCUT2D eigenvalue weighted by atomic mass is 9.68. The fourth-order valence-electron chi connectivity index (χ4n) is 4.65. The number of ether oxygens (including phenoxy) is 1. The highest BCUT2D eigenvalue weighted by atomic mass is 16.5. The minimum absolute atomic E-state index is 0.00536. The average Bonchev–Trinajstić information content (AvgIpc) is 2.76. The van der Waals surface area contributed by atoms with Gasteiger partial charge in [0.15, 0.2) is 0 Å². The van der Waals surface area contributed by atoms with Crippen molar-refractivity contribution in [3.8, 4) is 5.75 Å². The molecule has 5 nitrogen and oxygen atoms in total. The third-order valence-electron chi connectivity index (χ3n) is 6.74. The topological polar surface area (TPSA) is 58.6 Å². The van der Waals surface area contributed by atoms with E-state index in [1.165, 1.54) is 18.1 Å². The lowest BCUT2D eigenvalue weighted by Crippen LogP contribution is -2.50. The lowest BCUT2D eigenvalue weighted by molar-refractivity contribution is -0.132. The summed E-state index contributed by atoms with van der Waals surface area (Å²) < 4.78 is 5.30. The number of likely N-dealkylation sites (tertiary alicyclic amines) is 1. The second-order valence-electron chi connectivity index (χ2n) is 8.95. The zero-order valence-electron chi connectivity index (χ0n) is 19.1. The SMILES string of the molecule is CNC(=O)C(Cc1ccccc1)CN1CCC(C)(c2cccc(OC(C)=O)c2)C(C)C1. The number of hydrogen-bond donors (Lipinski definition) is 1. The number of rotatable bonds is 7. The quantitative estimate of drug-likeness (QED) is 0.544. The highest BCUT2D eigenvalue weighted by molar-refractivity contribution is 5.78. The van der Waals surface area contributed by atoms with Crippen LogP contribution in [0.5, 0.6) is 5.75 Å². The van der Waals surface area contributed by atoms with E-state index in [9.17, 15) is 9.59 Å². The molecule has 3 rings (SSSR count). The summed E-state index contributed by atoms with van der Waals surface area (Å²) in [6.07, 6.45) is 1.73.